The summed E-state index contributed by atoms with van der Waals surface area (Å²) in [5, 5.41) is 17.0. The van der Waals surface area contributed by atoms with Gasteiger partial charge in [0.15, 0.2) is 5.82 Å². The smallest absolute Gasteiger partial charge is 0.342 e. The Hall–Kier alpha value is -4.08. The highest BCUT2D eigenvalue weighted by Gasteiger charge is 2.25. The van der Waals surface area contributed by atoms with Crippen molar-refractivity contribution < 1.29 is 17.9 Å². The molecule has 172 valence electrons. The maximum absolute atomic E-state index is 13.2. The Morgan fingerprint density at radius 1 is 0.882 bits per heavy atom. The Labute approximate surface area is 197 Å². The Balaban J connectivity index is 1.91. The first-order chi connectivity index (χ1) is 16.4. The van der Waals surface area contributed by atoms with Gasteiger partial charge in [0.05, 0.1) is 11.5 Å². The lowest BCUT2D eigenvalue weighted by atomic mass is 9.95. The topological polar surface area (TPSA) is 124 Å². The first-order valence-corrected chi connectivity index (χ1v) is 12.0. The van der Waals surface area contributed by atoms with E-state index in [1.54, 1.807) is 6.92 Å². The van der Waals surface area contributed by atoms with Crippen LogP contribution in [-0.4, -0.2) is 31.2 Å². The van der Waals surface area contributed by atoms with E-state index in [4.69, 9.17) is 9.88 Å². The normalized spacial score (nSPS) is 11.1. The molecule has 3 N–H and O–H groups in total. The first-order valence-electron chi connectivity index (χ1n) is 10.5. The molecule has 0 aliphatic rings. The maximum atomic E-state index is 13.2. The predicted molar refractivity (Wildman–Crippen MR) is 130 cm³/mol. The Morgan fingerprint density at radius 3 is 2.03 bits per heavy atom. The zero-order chi connectivity index (χ0) is 24.1. The van der Waals surface area contributed by atoms with E-state index in [0.29, 0.717) is 16.9 Å². The van der Waals surface area contributed by atoms with Gasteiger partial charge in [-0.1, -0.05) is 60.7 Å². The van der Waals surface area contributed by atoms with E-state index in [2.05, 4.69) is 15.5 Å². The highest BCUT2D eigenvalue weighted by atomic mass is 32.2. The second-order valence-electron chi connectivity index (χ2n) is 7.29. The Kier molecular flexibility index (Phi) is 6.67. The second kappa shape index (κ2) is 9.82. The average Bonchev–Trinajstić information content (AvgIpc) is 2.85. The molecule has 0 aliphatic heterocycles. The summed E-state index contributed by atoms with van der Waals surface area (Å²) in [6.45, 7) is 1.91. The molecule has 3 aromatic carbocycles. The fourth-order valence-corrected chi connectivity index (χ4v) is 3.99. The first kappa shape index (κ1) is 23.1. The molecule has 0 bridgehead atoms. The van der Waals surface area contributed by atoms with E-state index in [0.717, 1.165) is 11.1 Å². The lowest BCUT2D eigenvalue weighted by Gasteiger charge is -2.17. The van der Waals surface area contributed by atoms with Crippen LogP contribution < -0.4 is 10.5 Å². The van der Waals surface area contributed by atoms with Crippen molar-refractivity contribution in [3.63, 3.8) is 0 Å². The van der Waals surface area contributed by atoms with Crippen LogP contribution in [0.2, 0.25) is 0 Å². The number of sulfonamides is 1. The van der Waals surface area contributed by atoms with Gasteiger partial charge in [0, 0.05) is 16.8 Å². The molecule has 4 aromatic rings. The number of primary sulfonamides is 1. The number of benzene rings is 3. The van der Waals surface area contributed by atoms with Crippen LogP contribution in [0.5, 0.6) is 0 Å². The second-order valence-corrected chi connectivity index (χ2v) is 8.86. The highest BCUT2D eigenvalue weighted by Crippen LogP contribution is 2.37. The van der Waals surface area contributed by atoms with Gasteiger partial charge in [0.1, 0.15) is 11.3 Å². The third kappa shape index (κ3) is 4.95. The molecule has 4 rings (SSSR count). The number of ether oxygens (including phenoxy) is 1. The summed E-state index contributed by atoms with van der Waals surface area (Å²) >= 11 is 0. The summed E-state index contributed by atoms with van der Waals surface area (Å²) in [7, 11) is -3.83. The summed E-state index contributed by atoms with van der Waals surface area (Å²) < 4.78 is 28.5. The van der Waals surface area contributed by atoms with E-state index in [9.17, 15) is 13.2 Å². The van der Waals surface area contributed by atoms with Crippen LogP contribution in [0.25, 0.3) is 22.4 Å². The van der Waals surface area contributed by atoms with Crippen molar-refractivity contribution in [2.45, 2.75) is 11.8 Å². The summed E-state index contributed by atoms with van der Waals surface area (Å²) in [5.41, 5.74) is 3.39. The average molecular weight is 475 g/mol. The van der Waals surface area contributed by atoms with Gasteiger partial charge in [-0.25, -0.2) is 18.4 Å². The van der Waals surface area contributed by atoms with Crippen LogP contribution in [0.4, 0.5) is 11.5 Å². The number of hydrogen-bond donors (Lipinski definition) is 2. The fourth-order valence-electron chi connectivity index (χ4n) is 3.47. The fraction of sp³-hybridized carbons (Fsp3) is 0.0800. The molecule has 0 fully saturated rings. The van der Waals surface area contributed by atoms with Gasteiger partial charge < -0.3 is 10.1 Å². The van der Waals surface area contributed by atoms with Crippen molar-refractivity contribution >= 4 is 27.5 Å². The maximum Gasteiger partial charge on any atom is 0.342 e. The monoisotopic (exact) mass is 474 g/mol. The van der Waals surface area contributed by atoms with Crippen molar-refractivity contribution in [3.05, 3.63) is 90.5 Å². The lowest BCUT2D eigenvalue weighted by Crippen LogP contribution is -2.14. The molecular formula is C25H22N4O4S. The van der Waals surface area contributed by atoms with Crippen molar-refractivity contribution in [1.29, 1.82) is 0 Å². The minimum Gasteiger partial charge on any atom is -0.462 e. The molecule has 1 heterocycles. The van der Waals surface area contributed by atoms with Crippen LogP contribution in [-0.2, 0) is 14.8 Å². The number of aromatic nitrogens is 2. The van der Waals surface area contributed by atoms with Crippen LogP contribution in [0, 0.1) is 0 Å². The quantitative estimate of drug-likeness (QED) is 0.381. The largest absolute Gasteiger partial charge is 0.462 e. The molecule has 0 radical (unpaired) electrons. The van der Waals surface area contributed by atoms with Gasteiger partial charge in [0.2, 0.25) is 10.0 Å². The van der Waals surface area contributed by atoms with Crippen LogP contribution in [0.3, 0.4) is 0 Å². The number of hydrogen-bond acceptors (Lipinski definition) is 7. The molecule has 0 unspecified atom stereocenters. The van der Waals surface area contributed by atoms with E-state index >= 15 is 0 Å². The standard InChI is InChI=1S/C25H22N4O4S/c1-2-33-25(30)22-21(17-9-5-3-6-10-17)23(18-11-7-4-8-12-18)28-29-24(22)27-19-13-15-20(16-14-19)34(26,31)32/h3-16H,2H2,1H3,(H,27,29)(H2,26,31,32). The summed E-state index contributed by atoms with van der Waals surface area (Å²) in [6, 6.07) is 24.7. The van der Waals surface area contributed by atoms with E-state index in [-0.39, 0.29) is 22.9 Å². The number of carbonyl (C=O) groups is 1. The zero-order valence-electron chi connectivity index (χ0n) is 18.3. The molecular weight excluding hydrogens is 452 g/mol. The number of esters is 1. The van der Waals surface area contributed by atoms with Gasteiger partial charge in [0.25, 0.3) is 0 Å². The molecule has 0 atom stereocenters. The molecule has 0 amide bonds. The van der Waals surface area contributed by atoms with E-state index in [1.165, 1.54) is 24.3 Å². The number of nitrogens with zero attached hydrogens (tertiary/aromatic N) is 2. The summed E-state index contributed by atoms with van der Waals surface area (Å²) in [5.74, 6) is -0.377. The van der Waals surface area contributed by atoms with E-state index < -0.39 is 16.0 Å². The van der Waals surface area contributed by atoms with Crippen LogP contribution >= 0.6 is 0 Å². The van der Waals surface area contributed by atoms with Crippen molar-refractivity contribution in [3.8, 4) is 22.4 Å². The highest BCUT2D eigenvalue weighted by molar-refractivity contribution is 7.89. The van der Waals surface area contributed by atoms with Crippen LogP contribution in [0.15, 0.2) is 89.8 Å². The Morgan fingerprint density at radius 2 is 1.47 bits per heavy atom. The molecule has 1 aromatic heterocycles. The number of carbonyl (C=O) groups excluding carboxylic acids is 1. The molecule has 9 heteroatoms. The van der Waals surface area contributed by atoms with Gasteiger partial charge in [-0.15, -0.1) is 10.2 Å². The van der Waals surface area contributed by atoms with Crippen LogP contribution in [0.1, 0.15) is 17.3 Å². The third-order valence-electron chi connectivity index (χ3n) is 5.01. The molecule has 0 aliphatic carbocycles. The number of rotatable bonds is 7. The predicted octanol–water partition coefficient (Wildman–Crippen LogP) is 4.38. The number of nitrogens with two attached hydrogens (primary N) is 1. The SMILES string of the molecule is CCOC(=O)c1c(Nc2ccc(S(N)(=O)=O)cc2)nnc(-c2ccccc2)c1-c1ccccc1. The zero-order valence-corrected chi connectivity index (χ0v) is 19.1. The van der Waals surface area contributed by atoms with E-state index in [1.807, 2.05) is 60.7 Å². The minimum absolute atomic E-state index is 0.0286. The molecule has 0 saturated heterocycles. The van der Waals surface area contributed by atoms with Gasteiger partial charge in [-0.2, -0.15) is 0 Å². The van der Waals surface area contributed by atoms with Gasteiger partial charge >= 0.3 is 5.97 Å². The molecule has 0 spiro atoms. The van der Waals surface area contributed by atoms with Crippen molar-refractivity contribution in [2.75, 3.05) is 11.9 Å². The molecule has 0 saturated carbocycles. The Bertz CT molecular complexity index is 1410. The van der Waals surface area contributed by atoms with Gasteiger partial charge in [-0.05, 0) is 36.8 Å². The number of anilines is 2. The van der Waals surface area contributed by atoms with Gasteiger partial charge in [-0.3, -0.25) is 0 Å². The van der Waals surface area contributed by atoms with Crippen molar-refractivity contribution in [2.24, 2.45) is 5.14 Å². The summed E-state index contributed by atoms with van der Waals surface area (Å²) in [6.07, 6.45) is 0. The lowest BCUT2D eigenvalue weighted by molar-refractivity contribution is 0.0528. The third-order valence-corrected chi connectivity index (χ3v) is 5.94. The molecule has 34 heavy (non-hydrogen) atoms. The van der Waals surface area contributed by atoms with Crippen molar-refractivity contribution in [1.82, 2.24) is 10.2 Å². The minimum atomic E-state index is -3.83. The summed E-state index contributed by atoms with van der Waals surface area (Å²) in [4.78, 5) is 13.2. The molecule has 8 nitrogen and oxygen atoms in total. The number of nitrogens with one attached hydrogen (secondary N) is 1.